The van der Waals surface area contributed by atoms with Gasteiger partial charge in [-0.15, -0.1) is 0 Å². The van der Waals surface area contributed by atoms with Crippen LogP contribution in [0.2, 0.25) is 0 Å². The van der Waals surface area contributed by atoms with Gasteiger partial charge in [0.05, 0.1) is 23.0 Å². The van der Waals surface area contributed by atoms with E-state index in [1.54, 1.807) is 23.6 Å². The van der Waals surface area contributed by atoms with Crippen molar-refractivity contribution >= 4 is 29.2 Å². The number of hydrogen-bond acceptors (Lipinski definition) is 5. The summed E-state index contributed by atoms with van der Waals surface area (Å²) in [6.07, 6.45) is 1.03. The Labute approximate surface area is 182 Å². The number of rotatable bonds is 7. The number of amides is 2. The van der Waals surface area contributed by atoms with Crippen molar-refractivity contribution in [2.24, 2.45) is 13.0 Å². The predicted molar refractivity (Wildman–Crippen MR) is 118 cm³/mol. The Morgan fingerprint density at radius 2 is 2.00 bits per heavy atom. The molecule has 1 aliphatic rings. The van der Waals surface area contributed by atoms with Gasteiger partial charge in [0.2, 0.25) is 5.91 Å². The second-order valence-electron chi connectivity index (χ2n) is 8.10. The number of esters is 1. The molecule has 2 atom stereocenters. The van der Waals surface area contributed by atoms with Crippen LogP contribution >= 0.6 is 0 Å². The smallest absolute Gasteiger partial charge is 0.311 e. The largest absolute Gasteiger partial charge is 0.455 e. The number of benzene rings is 1. The average molecular weight is 427 g/mol. The number of nitrogens with one attached hydrogen (secondary N) is 1. The fourth-order valence-electron chi connectivity index (χ4n) is 3.85. The summed E-state index contributed by atoms with van der Waals surface area (Å²) in [6, 6.07) is 7.79. The van der Waals surface area contributed by atoms with Gasteiger partial charge in [-0.3, -0.25) is 19.1 Å². The lowest BCUT2D eigenvalue weighted by atomic mass is 9.96. The molecule has 0 saturated carbocycles. The molecular weight excluding hydrogens is 396 g/mol. The van der Waals surface area contributed by atoms with E-state index in [0.717, 1.165) is 23.4 Å². The van der Waals surface area contributed by atoms with Gasteiger partial charge in [-0.05, 0) is 37.8 Å². The molecule has 2 heterocycles. The van der Waals surface area contributed by atoms with Crippen molar-refractivity contribution in [2.45, 2.75) is 46.5 Å². The number of ether oxygens (including phenoxy) is 1. The monoisotopic (exact) mass is 426 g/mol. The van der Waals surface area contributed by atoms with Crippen LogP contribution in [0.1, 0.15) is 49.6 Å². The van der Waals surface area contributed by atoms with Crippen LogP contribution in [0.5, 0.6) is 0 Å². The maximum atomic E-state index is 12.6. The Hall–Kier alpha value is -3.16. The maximum absolute atomic E-state index is 12.6. The molecule has 1 aromatic carbocycles. The summed E-state index contributed by atoms with van der Waals surface area (Å²) in [7, 11) is 1.79. The van der Waals surface area contributed by atoms with Gasteiger partial charge in [0.1, 0.15) is 0 Å². The van der Waals surface area contributed by atoms with Gasteiger partial charge in [0, 0.05) is 25.7 Å². The molecule has 0 unspecified atom stereocenters. The van der Waals surface area contributed by atoms with Crippen molar-refractivity contribution in [3.63, 3.8) is 0 Å². The molecule has 3 rings (SSSR count). The molecule has 8 heteroatoms. The number of anilines is 2. The van der Waals surface area contributed by atoms with Gasteiger partial charge in [0.25, 0.3) is 5.91 Å². The predicted octanol–water partition coefficient (Wildman–Crippen LogP) is 3.09. The highest BCUT2D eigenvalue weighted by Gasteiger charge is 2.37. The van der Waals surface area contributed by atoms with E-state index >= 15 is 0 Å². The number of carbonyl (C=O) groups is 3. The molecule has 31 heavy (non-hydrogen) atoms. The Bertz CT molecular complexity index is 997. The number of hydrogen-bond donors (Lipinski definition) is 1. The van der Waals surface area contributed by atoms with E-state index in [2.05, 4.69) is 24.3 Å². The zero-order valence-corrected chi connectivity index (χ0v) is 18.8. The second-order valence-corrected chi connectivity index (χ2v) is 8.10. The highest BCUT2D eigenvalue weighted by molar-refractivity contribution is 6.00. The summed E-state index contributed by atoms with van der Waals surface area (Å²) in [5.74, 6) is -1.36. The van der Waals surface area contributed by atoms with Crippen molar-refractivity contribution in [3.8, 4) is 0 Å². The first kappa shape index (κ1) is 22.5. The summed E-state index contributed by atoms with van der Waals surface area (Å²) < 4.78 is 6.89. The highest BCUT2D eigenvalue weighted by Crippen LogP contribution is 2.33. The van der Waals surface area contributed by atoms with Crippen LogP contribution in [0.25, 0.3) is 0 Å². The van der Waals surface area contributed by atoms with Gasteiger partial charge in [-0.1, -0.05) is 32.0 Å². The highest BCUT2D eigenvalue weighted by atomic mass is 16.5. The lowest BCUT2D eigenvalue weighted by Gasteiger charge is -2.23. The molecule has 2 amide bonds. The Kier molecular flexibility index (Phi) is 6.77. The third-order valence-electron chi connectivity index (χ3n) is 5.95. The second kappa shape index (κ2) is 9.32. The van der Waals surface area contributed by atoms with Gasteiger partial charge in [-0.2, -0.15) is 5.10 Å². The molecule has 166 valence electrons. The first-order valence-electron chi connectivity index (χ1n) is 10.6. The summed E-state index contributed by atoms with van der Waals surface area (Å²) >= 11 is 0. The standard InChI is InChI=1S/C23H30N4O4/c1-6-14(2)18-9-7-8-10-19(18)27-12-17(11-21(27)29)23(30)31-13-20(28)24-22-15(3)25-26(5)16(22)4/h7-10,14,17H,6,11-13H2,1-5H3,(H,24,28)/t14-,17+/m1/s1. The third-order valence-corrected chi connectivity index (χ3v) is 5.95. The number of carbonyl (C=O) groups excluding carboxylic acids is 3. The summed E-state index contributed by atoms with van der Waals surface area (Å²) in [6.45, 7) is 7.72. The molecule has 1 aromatic heterocycles. The maximum Gasteiger partial charge on any atom is 0.311 e. The Morgan fingerprint density at radius 3 is 2.65 bits per heavy atom. The van der Waals surface area contributed by atoms with Crippen molar-refractivity contribution < 1.29 is 19.1 Å². The zero-order valence-electron chi connectivity index (χ0n) is 18.8. The molecule has 0 bridgehead atoms. The molecule has 0 radical (unpaired) electrons. The van der Waals surface area contributed by atoms with Crippen LogP contribution in [-0.4, -0.2) is 40.7 Å². The van der Waals surface area contributed by atoms with E-state index in [4.69, 9.17) is 4.74 Å². The van der Waals surface area contributed by atoms with Gasteiger partial charge < -0.3 is 15.0 Å². The number of aromatic nitrogens is 2. The van der Waals surface area contributed by atoms with E-state index in [-0.39, 0.29) is 18.9 Å². The first-order valence-corrected chi connectivity index (χ1v) is 10.6. The Balaban J connectivity index is 1.60. The van der Waals surface area contributed by atoms with E-state index in [1.165, 1.54) is 0 Å². The van der Waals surface area contributed by atoms with E-state index < -0.39 is 24.4 Å². The molecule has 0 spiro atoms. The van der Waals surface area contributed by atoms with Crippen LogP contribution in [0, 0.1) is 19.8 Å². The van der Waals surface area contributed by atoms with Crippen LogP contribution in [-0.2, 0) is 26.2 Å². The minimum atomic E-state index is -0.591. The minimum absolute atomic E-state index is 0.0795. The lowest BCUT2D eigenvalue weighted by molar-refractivity contribution is -0.151. The molecule has 1 N–H and O–H groups in total. The van der Waals surface area contributed by atoms with Crippen molar-refractivity contribution in [1.29, 1.82) is 0 Å². The van der Waals surface area contributed by atoms with Crippen LogP contribution in [0.15, 0.2) is 24.3 Å². The van der Waals surface area contributed by atoms with E-state index in [0.29, 0.717) is 17.3 Å². The van der Waals surface area contributed by atoms with Crippen LogP contribution in [0.3, 0.4) is 0 Å². The molecule has 1 fully saturated rings. The van der Waals surface area contributed by atoms with Crippen LogP contribution < -0.4 is 10.2 Å². The quantitative estimate of drug-likeness (QED) is 0.687. The average Bonchev–Trinajstić information content (AvgIpc) is 3.26. The summed E-state index contributed by atoms with van der Waals surface area (Å²) in [5, 5.41) is 6.98. The van der Waals surface area contributed by atoms with Crippen molar-refractivity contribution in [3.05, 3.63) is 41.2 Å². The van der Waals surface area contributed by atoms with Gasteiger partial charge >= 0.3 is 5.97 Å². The molecule has 0 aliphatic carbocycles. The summed E-state index contributed by atoms with van der Waals surface area (Å²) in [5.41, 5.74) is 4.06. The zero-order chi connectivity index (χ0) is 22.7. The molecule has 8 nitrogen and oxygen atoms in total. The van der Waals surface area contributed by atoms with Gasteiger partial charge in [-0.25, -0.2) is 0 Å². The fraction of sp³-hybridized carbons (Fsp3) is 0.478. The van der Waals surface area contributed by atoms with E-state index in [1.807, 2.05) is 31.2 Å². The van der Waals surface area contributed by atoms with Gasteiger partial charge in [0.15, 0.2) is 6.61 Å². The lowest BCUT2D eigenvalue weighted by Crippen LogP contribution is -2.29. The van der Waals surface area contributed by atoms with Crippen molar-refractivity contribution in [1.82, 2.24) is 9.78 Å². The fourth-order valence-corrected chi connectivity index (χ4v) is 3.85. The molecule has 1 saturated heterocycles. The minimum Gasteiger partial charge on any atom is -0.455 e. The first-order chi connectivity index (χ1) is 14.7. The Morgan fingerprint density at radius 1 is 1.29 bits per heavy atom. The summed E-state index contributed by atoms with van der Waals surface area (Å²) in [4.78, 5) is 39.1. The molecular formula is C23H30N4O4. The van der Waals surface area contributed by atoms with Crippen LogP contribution in [0.4, 0.5) is 11.4 Å². The van der Waals surface area contributed by atoms with Crippen molar-refractivity contribution in [2.75, 3.05) is 23.4 Å². The normalized spacial score (nSPS) is 17.0. The topological polar surface area (TPSA) is 93.5 Å². The number of aryl methyl sites for hydroxylation is 2. The molecule has 1 aliphatic heterocycles. The molecule has 2 aromatic rings. The number of nitrogens with zero attached hydrogens (tertiary/aromatic N) is 3. The SMILES string of the molecule is CC[C@@H](C)c1ccccc1N1C[C@@H](C(=O)OCC(=O)Nc2c(C)nn(C)c2C)CC1=O. The third kappa shape index (κ3) is 4.78. The van der Waals surface area contributed by atoms with E-state index in [9.17, 15) is 14.4 Å². The number of para-hydroxylation sites is 1.